The van der Waals surface area contributed by atoms with Crippen LogP contribution >= 0.6 is 0 Å². The molecule has 1 fully saturated rings. The van der Waals surface area contributed by atoms with Gasteiger partial charge in [0.2, 0.25) is 11.8 Å². The van der Waals surface area contributed by atoms with Crippen molar-refractivity contribution in [1.82, 2.24) is 4.90 Å². The van der Waals surface area contributed by atoms with E-state index in [4.69, 9.17) is 0 Å². The minimum absolute atomic E-state index is 0.0475. The van der Waals surface area contributed by atoms with E-state index in [-0.39, 0.29) is 23.8 Å². The number of hydrogen-bond acceptors (Lipinski definition) is 3. The number of likely N-dealkylation sites (N-methyl/N-ethyl adjacent to an activating group) is 1. The van der Waals surface area contributed by atoms with Crippen molar-refractivity contribution < 1.29 is 19.5 Å². The van der Waals surface area contributed by atoms with Gasteiger partial charge in [-0.15, -0.1) is 0 Å². The Hall–Kier alpha value is -3.15. The number of carbonyl (C=O) groups excluding carboxylic acids is 2. The predicted molar refractivity (Wildman–Crippen MR) is 102 cm³/mol. The molecule has 0 saturated carbocycles. The van der Waals surface area contributed by atoms with Gasteiger partial charge in [0.15, 0.2) is 0 Å². The second kappa shape index (κ2) is 8.03. The Morgan fingerprint density at radius 3 is 2.48 bits per heavy atom. The lowest BCUT2D eigenvalue weighted by atomic mass is 10.00. The van der Waals surface area contributed by atoms with Crippen LogP contribution < -0.4 is 4.90 Å². The SMILES string of the molecule is CN(C(=O)Cc1ccccc1C(=O)O)C1CCCN(c2ccccc2)C1=O. The second-order valence-electron chi connectivity index (χ2n) is 6.63. The molecule has 1 aliphatic rings. The van der Waals surface area contributed by atoms with Gasteiger partial charge in [-0.1, -0.05) is 36.4 Å². The summed E-state index contributed by atoms with van der Waals surface area (Å²) in [5, 5.41) is 9.28. The average Bonchev–Trinajstić information content (AvgIpc) is 2.68. The highest BCUT2D eigenvalue weighted by molar-refractivity contribution is 6.00. The van der Waals surface area contributed by atoms with Crippen molar-refractivity contribution in [3.05, 3.63) is 65.7 Å². The van der Waals surface area contributed by atoms with E-state index < -0.39 is 12.0 Å². The van der Waals surface area contributed by atoms with Gasteiger partial charge in [0.1, 0.15) is 6.04 Å². The molecular weight excluding hydrogens is 344 g/mol. The molecule has 1 atom stereocenters. The van der Waals surface area contributed by atoms with Crippen molar-refractivity contribution in [3.8, 4) is 0 Å². The number of carbonyl (C=O) groups is 3. The van der Waals surface area contributed by atoms with Crippen LogP contribution in [0.3, 0.4) is 0 Å². The van der Waals surface area contributed by atoms with Gasteiger partial charge in [-0.05, 0) is 36.6 Å². The topological polar surface area (TPSA) is 77.9 Å². The molecule has 2 amide bonds. The molecule has 2 aromatic carbocycles. The summed E-state index contributed by atoms with van der Waals surface area (Å²) in [6.07, 6.45) is 1.35. The van der Waals surface area contributed by atoms with Gasteiger partial charge in [-0.3, -0.25) is 9.59 Å². The van der Waals surface area contributed by atoms with E-state index in [0.29, 0.717) is 18.5 Å². The first-order valence-corrected chi connectivity index (χ1v) is 8.92. The third-order valence-corrected chi connectivity index (χ3v) is 4.93. The highest BCUT2D eigenvalue weighted by atomic mass is 16.4. The lowest BCUT2D eigenvalue weighted by Gasteiger charge is -2.37. The third-order valence-electron chi connectivity index (χ3n) is 4.93. The van der Waals surface area contributed by atoms with E-state index >= 15 is 0 Å². The van der Waals surface area contributed by atoms with E-state index in [1.54, 1.807) is 30.1 Å². The van der Waals surface area contributed by atoms with Crippen LogP contribution in [0.25, 0.3) is 0 Å². The van der Waals surface area contributed by atoms with Crippen molar-refractivity contribution in [3.63, 3.8) is 0 Å². The molecular formula is C21H22N2O4. The Bertz CT molecular complexity index is 850. The number of benzene rings is 2. The van der Waals surface area contributed by atoms with Crippen LogP contribution in [0.2, 0.25) is 0 Å². The smallest absolute Gasteiger partial charge is 0.335 e. The van der Waals surface area contributed by atoms with Crippen LogP contribution in [0.15, 0.2) is 54.6 Å². The molecule has 0 spiro atoms. The van der Waals surface area contributed by atoms with E-state index in [9.17, 15) is 19.5 Å². The summed E-state index contributed by atoms with van der Waals surface area (Å²) < 4.78 is 0. The monoisotopic (exact) mass is 366 g/mol. The first-order valence-electron chi connectivity index (χ1n) is 8.92. The number of hydrogen-bond donors (Lipinski definition) is 1. The number of nitrogens with zero attached hydrogens (tertiary/aromatic N) is 2. The summed E-state index contributed by atoms with van der Waals surface area (Å²) in [5.41, 5.74) is 1.38. The van der Waals surface area contributed by atoms with Crippen LogP contribution in [0.4, 0.5) is 5.69 Å². The molecule has 140 valence electrons. The molecule has 0 radical (unpaired) electrons. The van der Waals surface area contributed by atoms with Gasteiger partial charge in [-0.2, -0.15) is 0 Å². The number of carboxylic acid groups (broad SMARTS) is 1. The molecule has 0 aromatic heterocycles. The van der Waals surface area contributed by atoms with E-state index in [2.05, 4.69) is 0 Å². The predicted octanol–water partition coefficient (Wildman–Crippen LogP) is 2.58. The van der Waals surface area contributed by atoms with Crippen molar-refractivity contribution >= 4 is 23.5 Å². The lowest BCUT2D eigenvalue weighted by molar-refractivity contribution is -0.138. The maximum atomic E-state index is 12.9. The van der Waals surface area contributed by atoms with E-state index in [0.717, 1.165) is 12.1 Å². The van der Waals surface area contributed by atoms with Crippen molar-refractivity contribution in [1.29, 1.82) is 0 Å². The number of anilines is 1. The summed E-state index contributed by atoms with van der Waals surface area (Å²) in [4.78, 5) is 40.2. The quantitative estimate of drug-likeness (QED) is 0.882. The summed E-state index contributed by atoms with van der Waals surface area (Å²) in [5.74, 6) is -1.43. The highest BCUT2D eigenvalue weighted by Gasteiger charge is 2.34. The molecule has 6 heteroatoms. The minimum atomic E-state index is -1.06. The Kier molecular flexibility index (Phi) is 5.54. The molecule has 1 aliphatic heterocycles. The normalized spacial score (nSPS) is 16.9. The number of amides is 2. The Labute approximate surface area is 158 Å². The Morgan fingerprint density at radius 1 is 1.11 bits per heavy atom. The van der Waals surface area contributed by atoms with Gasteiger partial charge in [0, 0.05) is 19.3 Å². The van der Waals surface area contributed by atoms with Crippen LogP contribution in [-0.2, 0) is 16.0 Å². The van der Waals surface area contributed by atoms with Crippen molar-refractivity contribution in [2.75, 3.05) is 18.5 Å². The summed E-state index contributed by atoms with van der Waals surface area (Å²) >= 11 is 0. The third kappa shape index (κ3) is 4.00. The van der Waals surface area contributed by atoms with Gasteiger partial charge in [0.25, 0.3) is 0 Å². The highest BCUT2D eigenvalue weighted by Crippen LogP contribution is 2.23. The fraction of sp³-hybridized carbons (Fsp3) is 0.286. The Morgan fingerprint density at radius 2 is 1.78 bits per heavy atom. The zero-order valence-corrected chi connectivity index (χ0v) is 15.2. The first kappa shape index (κ1) is 18.6. The van der Waals surface area contributed by atoms with Gasteiger partial charge >= 0.3 is 5.97 Å². The fourth-order valence-electron chi connectivity index (χ4n) is 3.42. The maximum Gasteiger partial charge on any atom is 0.335 e. The fourth-order valence-corrected chi connectivity index (χ4v) is 3.42. The molecule has 1 unspecified atom stereocenters. The molecule has 6 nitrogen and oxygen atoms in total. The number of rotatable bonds is 5. The van der Waals surface area contributed by atoms with Gasteiger partial charge in [0.05, 0.1) is 12.0 Å². The maximum absolute atomic E-state index is 12.9. The molecule has 1 N–H and O–H groups in total. The second-order valence-corrected chi connectivity index (χ2v) is 6.63. The lowest BCUT2D eigenvalue weighted by Crippen LogP contribution is -2.53. The molecule has 27 heavy (non-hydrogen) atoms. The zero-order chi connectivity index (χ0) is 19.4. The Balaban J connectivity index is 1.75. The van der Waals surface area contributed by atoms with Crippen LogP contribution in [0.1, 0.15) is 28.8 Å². The van der Waals surface area contributed by atoms with Crippen LogP contribution in [-0.4, -0.2) is 47.4 Å². The van der Waals surface area contributed by atoms with Gasteiger partial charge < -0.3 is 14.9 Å². The van der Waals surface area contributed by atoms with Crippen molar-refractivity contribution in [2.24, 2.45) is 0 Å². The zero-order valence-electron chi connectivity index (χ0n) is 15.2. The molecule has 1 saturated heterocycles. The summed E-state index contributed by atoms with van der Waals surface area (Å²) in [6.45, 7) is 0.628. The summed E-state index contributed by atoms with van der Waals surface area (Å²) in [6, 6.07) is 15.3. The summed E-state index contributed by atoms with van der Waals surface area (Å²) in [7, 11) is 1.61. The van der Waals surface area contributed by atoms with Crippen LogP contribution in [0, 0.1) is 0 Å². The molecule has 0 aliphatic carbocycles. The molecule has 3 rings (SSSR count). The molecule has 2 aromatic rings. The van der Waals surface area contributed by atoms with Crippen molar-refractivity contribution in [2.45, 2.75) is 25.3 Å². The minimum Gasteiger partial charge on any atom is -0.478 e. The standard InChI is InChI=1S/C21H22N2O4/c1-22(19(24)14-15-8-5-6-11-17(15)21(26)27)18-12-7-13-23(20(18)25)16-9-3-2-4-10-16/h2-6,8-11,18H,7,12-14H2,1H3,(H,26,27). The average molecular weight is 366 g/mol. The molecule has 0 bridgehead atoms. The largest absolute Gasteiger partial charge is 0.478 e. The first-order chi connectivity index (χ1) is 13.0. The number of piperidine rings is 1. The number of carboxylic acids is 1. The van der Waals surface area contributed by atoms with Gasteiger partial charge in [-0.25, -0.2) is 4.79 Å². The number of para-hydroxylation sites is 1. The molecule has 1 heterocycles. The van der Waals surface area contributed by atoms with E-state index in [1.807, 2.05) is 30.3 Å². The van der Waals surface area contributed by atoms with Crippen LogP contribution in [0.5, 0.6) is 0 Å². The number of aromatic carboxylic acids is 1. The van der Waals surface area contributed by atoms with E-state index in [1.165, 1.54) is 11.0 Å².